The summed E-state index contributed by atoms with van der Waals surface area (Å²) in [6, 6.07) is 8.13. The summed E-state index contributed by atoms with van der Waals surface area (Å²) in [5.74, 6) is 0.316. The number of aromatic nitrogens is 1. The van der Waals surface area contributed by atoms with Crippen molar-refractivity contribution >= 4 is 10.0 Å². The van der Waals surface area contributed by atoms with Gasteiger partial charge in [-0.05, 0) is 37.1 Å². The Labute approximate surface area is 135 Å². The minimum Gasteiger partial charge on any atom is -0.495 e. The van der Waals surface area contributed by atoms with Gasteiger partial charge in [0.2, 0.25) is 15.6 Å². The molecule has 0 bridgehead atoms. The molecule has 0 amide bonds. The molecule has 1 aromatic carbocycles. The first-order valence-electron chi connectivity index (χ1n) is 7.05. The molecule has 0 aliphatic rings. The molecule has 7 heteroatoms. The lowest BCUT2D eigenvalue weighted by Crippen LogP contribution is -2.28. The summed E-state index contributed by atoms with van der Waals surface area (Å²) in [4.78, 5) is 14.1. The van der Waals surface area contributed by atoms with E-state index in [9.17, 15) is 13.2 Å². The molecule has 23 heavy (non-hydrogen) atoms. The van der Waals surface area contributed by atoms with E-state index in [-0.39, 0.29) is 17.0 Å². The Morgan fingerprint density at radius 1 is 1.22 bits per heavy atom. The number of benzene rings is 1. The van der Waals surface area contributed by atoms with Crippen LogP contribution in [0.5, 0.6) is 5.75 Å². The van der Waals surface area contributed by atoms with Crippen molar-refractivity contribution in [3.8, 4) is 5.75 Å². The van der Waals surface area contributed by atoms with Crippen LogP contribution < -0.4 is 10.3 Å². The van der Waals surface area contributed by atoms with Crippen molar-refractivity contribution in [3.63, 3.8) is 0 Å². The van der Waals surface area contributed by atoms with E-state index in [4.69, 9.17) is 4.74 Å². The van der Waals surface area contributed by atoms with Gasteiger partial charge in [0, 0.05) is 18.8 Å². The molecule has 0 atom stereocenters. The molecule has 0 unspecified atom stereocenters. The quantitative estimate of drug-likeness (QED) is 0.903. The fraction of sp³-hybridized carbons (Fsp3) is 0.312. The lowest BCUT2D eigenvalue weighted by Gasteiger charge is -2.20. The Morgan fingerprint density at radius 2 is 1.91 bits per heavy atom. The van der Waals surface area contributed by atoms with Crippen LogP contribution in [-0.4, -0.2) is 31.9 Å². The highest BCUT2D eigenvalue weighted by Crippen LogP contribution is 2.31. The maximum atomic E-state index is 12.9. The Balaban J connectivity index is 2.44. The minimum absolute atomic E-state index is 0.0644. The summed E-state index contributed by atoms with van der Waals surface area (Å²) in [5.41, 5.74) is 1.80. The molecular formula is C16H20N2O4S. The average molecular weight is 336 g/mol. The zero-order valence-corrected chi connectivity index (χ0v) is 14.4. The van der Waals surface area contributed by atoms with E-state index in [0.717, 1.165) is 5.56 Å². The first-order chi connectivity index (χ1) is 10.8. The maximum Gasteiger partial charge on any atom is 0.248 e. The summed E-state index contributed by atoms with van der Waals surface area (Å²) in [6.07, 6.45) is 0. The van der Waals surface area contributed by atoms with Crippen LogP contribution >= 0.6 is 0 Å². The highest BCUT2D eigenvalue weighted by Gasteiger charge is 2.27. The predicted molar refractivity (Wildman–Crippen MR) is 88.2 cm³/mol. The lowest BCUT2D eigenvalue weighted by atomic mass is 10.1. The van der Waals surface area contributed by atoms with Crippen molar-refractivity contribution in [1.82, 2.24) is 9.29 Å². The molecule has 6 nitrogen and oxygen atoms in total. The third-order valence-electron chi connectivity index (χ3n) is 3.49. The van der Waals surface area contributed by atoms with Crippen LogP contribution in [0.25, 0.3) is 0 Å². The van der Waals surface area contributed by atoms with Crippen molar-refractivity contribution in [3.05, 3.63) is 57.5 Å². The third-order valence-corrected chi connectivity index (χ3v) is 5.48. The smallest absolute Gasteiger partial charge is 0.248 e. The summed E-state index contributed by atoms with van der Waals surface area (Å²) in [7, 11) is -0.836. The van der Waals surface area contributed by atoms with Crippen LogP contribution in [0.15, 0.2) is 40.0 Å². The SMILES string of the molecule is COc1cc(C)cc(C)c1S(=O)(=O)N(C)Cc1cccc(=O)[nH]1. The molecule has 1 N–H and O–H groups in total. The van der Waals surface area contributed by atoms with E-state index in [0.29, 0.717) is 17.0 Å². The average Bonchev–Trinajstić information content (AvgIpc) is 2.45. The van der Waals surface area contributed by atoms with Crippen LogP contribution in [0, 0.1) is 13.8 Å². The largest absolute Gasteiger partial charge is 0.495 e. The molecule has 124 valence electrons. The molecule has 0 aliphatic carbocycles. The molecule has 1 aromatic heterocycles. The van der Waals surface area contributed by atoms with E-state index in [1.165, 1.54) is 24.5 Å². The van der Waals surface area contributed by atoms with Gasteiger partial charge in [0.1, 0.15) is 10.6 Å². The molecule has 0 aliphatic heterocycles. The first kappa shape index (κ1) is 17.2. The topological polar surface area (TPSA) is 79.5 Å². The third kappa shape index (κ3) is 3.62. The van der Waals surface area contributed by atoms with Gasteiger partial charge in [-0.15, -0.1) is 0 Å². The van der Waals surface area contributed by atoms with Gasteiger partial charge in [0.25, 0.3) is 0 Å². The Morgan fingerprint density at radius 3 is 2.52 bits per heavy atom. The van der Waals surface area contributed by atoms with E-state index < -0.39 is 10.0 Å². The predicted octanol–water partition coefficient (Wildman–Crippen LogP) is 1.82. The molecule has 1 heterocycles. The van der Waals surface area contributed by atoms with Gasteiger partial charge in [-0.1, -0.05) is 12.1 Å². The molecule has 0 saturated heterocycles. The fourth-order valence-corrected chi connectivity index (χ4v) is 3.95. The number of pyridine rings is 1. The number of aromatic amines is 1. The van der Waals surface area contributed by atoms with Crippen molar-refractivity contribution < 1.29 is 13.2 Å². The van der Waals surface area contributed by atoms with E-state index >= 15 is 0 Å². The Bertz CT molecular complexity index is 872. The lowest BCUT2D eigenvalue weighted by molar-refractivity contribution is 0.396. The van der Waals surface area contributed by atoms with Crippen LogP contribution in [0.4, 0.5) is 0 Å². The summed E-state index contributed by atoms with van der Waals surface area (Å²) < 4.78 is 32.2. The Hall–Kier alpha value is -2.12. The summed E-state index contributed by atoms with van der Waals surface area (Å²) >= 11 is 0. The van der Waals surface area contributed by atoms with Gasteiger partial charge in [0.15, 0.2) is 0 Å². The van der Waals surface area contributed by atoms with Crippen LogP contribution in [0.3, 0.4) is 0 Å². The second kappa shape index (κ2) is 6.55. The Kier molecular flexibility index (Phi) is 4.91. The molecule has 0 spiro atoms. The molecule has 2 aromatic rings. The highest BCUT2D eigenvalue weighted by molar-refractivity contribution is 7.89. The highest BCUT2D eigenvalue weighted by atomic mass is 32.2. The number of nitrogens with one attached hydrogen (secondary N) is 1. The molecule has 0 saturated carbocycles. The molecule has 0 fully saturated rings. The van der Waals surface area contributed by atoms with E-state index in [1.807, 2.05) is 6.92 Å². The zero-order valence-electron chi connectivity index (χ0n) is 13.6. The first-order valence-corrected chi connectivity index (χ1v) is 8.49. The standard InChI is InChI=1S/C16H20N2O4S/c1-11-8-12(2)16(14(9-11)22-4)23(20,21)18(3)10-13-6-5-7-15(19)17-13/h5-9H,10H2,1-4H3,(H,17,19). The van der Waals surface area contributed by atoms with Gasteiger partial charge >= 0.3 is 0 Å². The number of ether oxygens (including phenoxy) is 1. The fourth-order valence-electron chi connectivity index (χ4n) is 2.46. The molecule has 2 rings (SSSR count). The van der Waals surface area contributed by atoms with Crippen LogP contribution in [0.2, 0.25) is 0 Å². The second-order valence-corrected chi connectivity index (χ2v) is 7.40. The number of methoxy groups -OCH3 is 1. The van der Waals surface area contributed by atoms with Crippen molar-refractivity contribution in [2.45, 2.75) is 25.3 Å². The van der Waals surface area contributed by atoms with Crippen LogP contribution in [0.1, 0.15) is 16.8 Å². The number of hydrogen-bond acceptors (Lipinski definition) is 4. The second-order valence-electron chi connectivity index (χ2n) is 5.41. The van der Waals surface area contributed by atoms with Gasteiger partial charge < -0.3 is 9.72 Å². The number of sulfonamides is 1. The van der Waals surface area contributed by atoms with Crippen molar-refractivity contribution in [2.24, 2.45) is 0 Å². The molecule has 0 radical (unpaired) electrons. The van der Waals surface area contributed by atoms with Gasteiger partial charge in [-0.3, -0.25) is 4.79 Å². The normalized spacial score (nSPS) is 11.7. The summed E-state index contributed by atoms with van der Waals surface area (Å²) in [6.45, 7) is 3.68. The monoisotopic (exact) mass is 336 g/mol. The number of H-pyrrole nitrogens is 1. The van der Waals surface area contributed by atoms with E-state index in [1.54, 1.807) is 31.2 Å². The summed E-state index contributed by atoms with van der Waals surface area (Å²) in [5, 5.41) is 0. The molecular weight excluding hydrogens is 316 g/mol. The number of aryl methyl sites for hydroxylation is 2. The number of hydrogen-bond donors (Lipinski definition) is 1. The van der Waals surface area contributed by atoms with Crippen molar-refractivity contribution in [2.75, 3.05) is 14.2 Å². The maximum absolute atomic E-state index is 12.9. The number of rotatable bonds is 5. The van der Waals surface area contributed by atoms with Gasteiger partial charge in [-0.25, -0.2) is 8.42 Å². The van der Waals surface area contributed by atoms with Gasteiger partial charge in [0.05, 0.1) is 13.7 Å². The van der Waals surface area contributed by atoms with Crippen LogP contribution in [-0.2, 0) is 16.6 Å². The van der Waals surface area contributed by atoms with Crippen molar-refractivity contribution in [1.29, 1.82) is 0 Å². The minimum atomic E-state index is -3.75. The zero-order chi connectivity index (χ0) is 17.2. The number of nitrogens with zero attached hydrogens (tertiary/aromatic N) is 1. The van der Waals surface area contributed by atoms with E-state index in [2.05, 4.69) is 4.98 Å². The van der Waals surface area contributed by atoms with Gasteiger partial charge in [-0.2, -0.15) is 4.31 Å².